The van der Waals surface area contributed by atoms with Crippen LogP contribution >= 0.6 is 11.5 Å². The van der Waals surface area contributed by atoms with Gasteiger partial charge < -0.3 is 5.11 Å². The van der Waals surface area contributed by atoms with Gasteiger partial charge in [0.05, 0.1) is 6.10 Å². The molecule has 4 nitrogen and oxygen atoms in total. The lowest BCUT2D eigenvalue weighted by atomic mass is 9.75. The van der Waals surface area contributed by atoms with Crippen molar-refractivity contribution in [3.63, 3.8) is 0 Å². The number of fused-ring (bicyclic) bond motifs is 1. The molecular weight excluding hydrogens is 258 g/mol. The summed E-state index contributed by atoms with van der Waals surface area (Å²) in [6.07, 6.45) is 1.41. The van der Waals surface area contributed by atoms with Crippen molar-refractivity contribution in [2.45, 2.75) is 46.6 Å². The molecule has 1 atom stereocenters. The molecule has 19 heavy (non-hydrogen) atoms. The van der Waals surface area contributed by atoms with E-state index in [1.165, 1.54) is 17.2 Å². The Hall–Kier alpha value is -1.20. The summed E-state index contributed by atoms with van der Waals surface area (Å²) < 4.78 is 6.42. The topological polar surface area (TPSA) is 50.9 Å². The van der Waals surface area contributed by atoms with Crippen molar-refractivity contribution in [1.82, 2.24) is 13.9 Å². The number of nitrogens with zero attached hydrogens (tertiary/aromatic N) is 3. The summed E-state index contributed by atoms with van der Waals surface area (Å²) in [7, 11) is 0. The van der Waals surface area contributed by atoms with Crippen LogP contribution in [0.1, 0.15) is 49.1 Å². The number of aromatic nitrogens is 3. The van der Waals surface area contributed by atoms with Gasteiger partial charge in [0.15, 0.2) is 0 Å². The second-order valence-corrected chi connectivity index (χ2v) is 6.94. The molecule has 0 saturated carbocycles. The summed E-state index contributed by atoms with van der Waals surface area (Å²) in [6, 6.07) is 2.09. The first kappa shape index (κ1) is 12.8. The molecule has 1 N–H and O–H groups in total. The quantitative estimate of drug-likeness (QED) is 0.872. The third-order valence-electron chi connectivity index (χ3n) is 3.78. The normalized spacial score (nSPS) is 21.4. The average Bonchev–Trinajstić information content (AvgIpc) is 2.81. The molecule has 1 aliphatic rings. The first-order valence-corrected chi connectivity index (χ1v) is 7.34. The van der Waals surface area contributed by atoms with Crippen molar-refractivity contribution < 1.29 is 5.11 Å². The minimum Gasteiger partial charge on any atom is -0.388 e. The van der Waals surface area contributed by atoms with E-state index in [-0.39, 0.29) is 11.5 Å². The van der Waals surface area contributed by atoms with E-state index < -0.39 is 0 Å². The van der Waals surface area contributed by atoms with Crippen LogP contribution < -0.4 is 0 Å². The van der Waals surface area contributed by atoms with Gasteiger partial charge in [-0.25, -0.2) is 4.98 Å². The van der Waals surface area contributed by atoms with Crippen molar-refractivity contribution in [1.29, 1.82) is 0 Å². The third-order valence-corrected chi connectivity index (χ3v) is 4.57. The first-order chi connectivity index (χ1) is 8.87. The van der Waals surface area contributed by atoms with E-state index >= 15 is 0 Å². The summed E-state index contributed by atoms with van der Waals surface area (Å²) in [5, 5.41) is 11.2. The van der Waals surface area contributed by atoms with Crippen LogP contribution in [0.15, 0.2) is 6.07 Å². The number of aryl methyl sites for hydroxylation is 2. The van der Waals surface area contributed by atoms with Crippen LogP contribution in [0.5, 0.6) is 0 Å². The maximum atomic E-state index is 10.3. The average molecular weight is 277 g/mol. The summed E-state index contributed by atoms with van der Waals surface area (Å²) in [5.74, 6) is 0.803. The van der Waals surface area contributed by atoms with E-state index in [1.807, 2.05) is 6.92 Å². The van der Waals surface area contributed by atoms with Crippen LogP contribution in [0.4, 0.5) is 0 Å². The fourth-order valence-electron chi connectivity index (χ4n) is 2.99. The zero-order valence-corrected chi connectivity index (χ0v) is 12.6. The van der Waals surface area contributed by atoms with E-state index in [0.717, 1.165) is 35.1 Å². The van der Waals surface area contributed by atoms with Crippen LogP contribution in [-0.4, -0.2) is 19.0 Å². The van der Waals surface area contributed by atoms with E-state index in [1.54, 1.807) is 0 Å². The number of hydrogen-bond donors (Lipinski definition) is 1. The molecule has 2 aromatic rings. The molecule has 0 aliphatic heterocycles. The monoisotopic (exact) mass is 277 g/mol. The van der Waals surface area contributed by atoms with E-state index in [0.29, 0.717) is 0 Å². The standard InChI is InChI=1S/C14H19N3OS/c1-8-5-10-11(6-14(3,4)7-12(10)18)17(8)13-15-9(2)16-19-13/h5,12,18H,6-7H2,1-4H3. The van der Waals surface area contributed by atoms with Gasteiger partial charge in [-0.3, -0.25) is 4.57 Å². The number of rotatable bonds is 1. The Labute approximate surface area is 117 Å². The van der Waals surface area contributed by atoms with E-state index in [4.69, 9.17) is 0 Å². The molecule has 0 radical (unpaired) electrons. The van der Waals surface area contributed by atoms with Crippen LogP contribution in [0.3, 0.4) is 0 Å². The first-order valence-electron chi connectivity index (χ1n) is 6.57. The van der Waals surface area contributed by atoms with Gasteiger partial charge in [0.1, 0.15) is 5.82 Å². The Kier molecular flexibility index (Phi) is 2.80. The van der Waals surface area contributed by atoms with Crippen molar-refractivity contribution in [3.05, 3.63) is 28.8 Å². The molecule has 2 heterocycles. The number of hydrogen-bond acceptors (Lipinski definition) is 4. The number of aliphatic hydroxyl groups is 1. The van der Waals surface area contributed by atoms with Gasteiger partial charge in [-0.1, -0.05) is 13.8 Å². The lowest BCUT2D eigenvalue weighted by Crippen LogP contribution is -2.26. The van der Waals surface area contributed by atoms with Crippen molar-refractivity contribution in [2.75, 3.05) is 0 Å². The molecule has 1 aliphatic carbocycles. The van der Waals surface area contributed by atoms with Crippen LogP contribution in [0, 0.1) is 19.3 Å². The maximum Gasteiger partial charge on any atom is 0.213 e. The lowest BCUT2D eigenvalue weighted by Gasteiger charge is -2.33. The summed E-state index contributed by atoms with van der Waals surface area (Å²) >= 11 is 1.42. The Bertz CT molecular complexity index is 627. The van der Waals surface area contributed by atoms with Crippen molar-refractivity contribution >= 4 is 11.5 Å². The van der Waals surface area contributed by atoms with Gasteiger partial charge in [-0.15, -0.1) is 0 Å². The SMILES string of the molecule is Cc1nsc(-n2c(C)cc3c2CC(C)(C)CC3O)n1. The van der Waals surface area contributed by atoms with Gasteiger partial charge in [0, 0.05) is 28.5 Å². The zero-order chi connectivity index (χ0) is 13.8. The molecular formula is C14H19N3OS. The molecule has 0 amide bonds. The predicted octanol–water partition coefficient (Wildman–Crippen LogP) is 2.95. The third kappa shape index (κ3) is 2.11. The summed E-state index contributed by atoms with van der Waals surface area (Å²) in [5.41, 5.74) is 3.49. The van der Waals surface area contributed by atoms with Crippen LogP contribution in [0.25, 0.3) is 5.13 Å². The minimum absolute atomic E-state index is 0.120. The van der Waals surface area contributed by atoms with E-state index in [9.17, 15) is 5.11 Å². The second kappa shape index (κ2) is 4.15. The molecule has 0 fully saturated rings. The highest BCUT2D eigenvalue weighted by molar-refractivity contribution is 7.08. The molecule has 0 aromatic carbocycles. The molecule has 5 heteroatoms. The molecule has 1 unspecified atom stereocenters. The van der Waals surface area contributed by atoms with Gasteiger partial charge in [-0.2, -0.15) is 4.37 Å². The van der Waals surface area contributed by atoms with Crippen molar-refractivity contribution in [3.8, 4) is 5.13 Å². The molecule has 0 bridgehead atoms. The number of aliphatic hydroxyl groups excluding tert-OH is 1. The second-order valence-electron chi connectivity index (χ2n) is 6.21. The predicted molar refractivity (Wildman–Crippen MR) is 75.8 cm³/mol. The lowest BCUT2D eigenvalue weighted by molar-refractivity contribution is 0.0987. The highest BCUT2D eigenvalue weighted by Gasteiger charge is 2.34. The molecule has 3 rings (SSSR count). The summed E-state index contributed by atoms with van der Waals surface area (Å²) in [4.78, 5) is 4.48. The Morgan fingerprint density at radius 3 is 2.79 bits per heavy atom. The summed E-state index contributed by atoms with van der Waals surface area (Å²) in [6.45, 7) is 8.38. The molecule has 2 aromatic heterocycles. The molecule has 0 spiro atoms. The van der Waals surface area contributed by atoms with E-state index in [2.05, 4.69) is 40.8 Å². The van der Waals surface area contributed by atoms with Gasteiger partial charge in [0.25, 0.3) is 0 Å². The van der Waals surface area contributed by atoms with Crippen LogP contribution in [0.2, 0.25) is 0 Å². The Morgan fingerprint density at radius 2 is 2.16 bits per heavy atom. The molecule has 0 saturated heterocycles. The van der Waals surface area contributed by atoms with Gasteiger partial charge in [0.2, 0.25) is 5.13 Å². The fourth-order valence-corrected chi connectivity index (χ4v) is 3.75. The Balaban J connectivity index is 2.17. The maximum absolute atomic E-state index is 10.3. The highest BCUT2D eigenvalue weighted by atomic mass is 32.1. The van der Waals surface area contributed by atoms with Gasteiger partial charge >= 0.3 is 0 Å². The Morgan fingerprint density at radius 1 is 1.42 bits per heavy atom. The minimum atomic E-state index is -0.368. The highest BCUT2D eigenvalue weighted by Crippen LogP contribution is 2.42. The fraction of sp³-hybridized carbons (Fsp3) is 0.571. The smallest absolute Gasteiger partial charge is 0.213 e. The molecule has 102 valence electrons. The van der Waals surface area contributed by atoms with Crippen LogP contribution in [-0.2, 0) is 6.42 Å². The zero-order valence-electron chi connectivity index (χ0n) is 11.8. The van der Waals surface area contributed by atoms with Crippen molar-refractivity contribution in [2.24, 2.45) is 5.41 Å². The van der Waals surface area contributed by atoms with Gasteiger partial charge in [-0.05, 0) is 38.2 Å². The largest absolute Gasteiger partial charge is 0.388 e.